The predicted octanol–water partition coefficient (Wildman–Crippen LogP) is 1.20. The number of urea groups is 1. The Morgan fingerprint density at radius 1 is 1.41 bits per heavy atom. The van der Waals surface area contributed by atoms with Gasteiger partial charge in [-0.2, -0.15) is 0 Å². The minimum absolute atomic E-state index is 0.437. The fourth-order valence-electron chi connectivity index (χ4n) is 1.22. The maximum atomic E-state index is 11.4. The number of hydrogen-bond acceptors (Lipinski definition) is 2. The van der Waals surface area contributed by atoms with E-state index in [1.807, 2.05) is 0 Å². The third kappa shape index (κ3) is 6.46. The average Bonchev–Trinajstić information content (AvgIpc) is 2.19. The average molecular weight is 240 g/mol. The first-order chi connectivity index (χ1) is 7.79. The second-order valence-corrected chi connectivity index (χ2v) is 4.85. The van der Waals surface area contributed by atoms with Crippen LogP contribution in [-0.2, 0) is 4.79 Å². The Balaban J connectivity index is 4.16. The molecule has 0 rings (SSSR count). The van der Waals surface area contributed by atoms with Crippen molar-refractivity contribution in [2.45, 2.75) is 39.7 Å². The molecule has 1 atom stereocenters. The number of carbonyl (C=O) groups is 2. The van der Waals surface area contributed by atoms with Gasteiger partial charge in [-0.3, -0.25) is 0 Å². The van der Waals surface area contributed by atoms with Crippen LogP contribution in [0.4, 0.5) is 4.79 Å². The molecule has 2 amide bonds. The van der Waals surface area contributed by atoms with Crippen LogP contribution in [0.15, 0.2) is 0 Å². The van der Waals surface area contributed by atoms with E-state index in [1.54, 1.807) is 20.8 Å². The number of aliphatic carboxylic acids is 1. The number of carboxylic acids is 1. The van der Waals surface area contributed by atoms with Crippen molar-refractivity contribution in [1.82, 2.24) is 10.6 Å². The zero-order chi connectivity index (χ0) is 13.5. The van der Waals surface area contributed by atoms with Gasteiger partial charge in [-0.15, -0.1) is 12.3 Å². The van der Waals surface area contributed by atoms with Gasteiger partial charge in [0.1, 0.15) is 6.04 Å². The van der Waals surface area contributed by atoms with Gasteiger partial charge in [0.15, 0.2) is 0 Å². The largest absolute Gasteiger partial charge is 0.480 e. The van der Waals surface area contributed by atoms with Crippen LogP contribution < -0.4 is 10.6 Å². The van der Waals surface area contributed by atoms with E-state index < -0.39 is 23.5 Å². The van der Waals surface area contributed by atoms with Gasteiger partial charge in [0.2, 0.25) is 0 Å². The highest BCUT2D eigenvalue weighted by molar-refractivity contribution is 5.83. The van der Waals surface area contributed by atoms with Crippen LogP contribution in [0.2, 0.25) is 0 Å². The predicted molar refractivity (Wildman–Crippen MR) is 65.5 cm³/mol. The first kappa shape index (κ1) is 15.3. The van der Waals surface area contributed by atoms with E-state index in [0.717, 1.165) is 0 Å². The minimum Gasteiger partial charge on any atom is -0.480 e. The Kier molecular flexibility index (Phi) is 6.11. The van der Waals surface area contributed by atoms with Gasteiger partial charge in [-0.1, -0.05) is 20.8 Å². The zero-order valence-electron chi connectivity index (χ0n) is 10.5. The van der Waals surface area contributed by atoms with E-state index in [9.17, 15) is 9.59 Å². The molecule has 0 saturated heterocycles. The molecule has 0 spiro atoms. The summed E-state index contributed by atoms with van der Waals surface area (Å²) in [6.45, 7) is 5.70. The number of amides is 2. The lowest BCUT2D eigenvalue weighted by atomic mass is 9.87. The molecule has 0 aromatic carbocycles. The quantitative estimate of drug-likeness (QED) is 0.499. The Hall–Kier alpha value is -1.70. The van der Waals surface area contributed by atoms with E-state index >= 15 is 0 Å². The fraction of sp³-hybridized carbons (Fsp3) is 0.667. The van der Waals surface area contributed by atoms with Crippen LogP contribution in [0, 0.1) is 17.8 Å². The third-order valence-electron chi connectivity index (χ3n) is 2.17. The van der Waals surface area contributed by atoms with Crippen molar-refractivity contribution in [1.29, 1.82) is 0 Å². The Morgan fingerprint density at radius 3 is 2.41 bits per heavy atom. The van der Waals surface area contributed by atoms with Gasteiger partial charge in [-0.25, -0.2) is 9.59 Å². The monoisotopic (exact) mass is 240 g/mol. The molecule has 0 radical (unpaired) electrons. The van der Waals surface area contributed by atoms with Crippen LogP contribution >= 0.6 is 0 Å². The van der Waals surface area contributed by atoms with Crippen LogP contribution in [0.25, 0.3) is 0 Å². The lowest BCUT2D eigenvalue weighted by Gasteiger charge is -2.27. The Morgan fingerprint density at radius 2 is 2.00 bits per heavy atom. The number of carbonyl (C=O) groups excluding carboxylic acids is 1. The molecule has 0 aromatic rings. The van der Waals surface area contributed by atoms with Crippen molar-refractivity contribution in [2.75, 3.05) is 6.54 Å². The number of nitrogens with one attached hydrogen (secondary N) is 2. The van der Waals surface area contributed by atoms with E-state index in [0.29, 0.717) is 19.4 Å². The highest BCUT2D eigenvalue weighted by Gasteiger charge is 2.32. The molecule has 0 unspecified atom stereocenters. The van der Waals surface area contributed by atoms with Crippen LogP contribution in [0.3, 0.4) is 0 Å². The van der Waals surface area contributed by atoms with Crippen molar-refractivity contribution >= 4 is 12.0 Å². The molecule has 0 saturated carbocycles. The lowest BCUT2D eigenvalue weighted by Crippen LogP contribution is -2.52. The highest BCUT2D eigenvalue weighted by atomic mass is 16.4. The Bertz CT molecular complexity index is 313. The topological polar surface area (TPSA) is 78.4 Å². The number of rotatable bonds is 5. The van der Waals surface area contributed by atoms with Gasteiger partial charge in [-0.05, 0) is 11.8 Å². The summed E-state index contributed by atoms with van der Waals surface area (Å²) in [7, 11) is 0. The van der Waals surface area contributed by atoms with Crippen LogP contribution in [-0.4, -0.2) is 29.7 Å². The lowest BCUT2D eigenvalue weighted by molar-refractivity contribution is -0.141. The van der Waals surface area contributed by atoms with Crippen molar-refractivity contribution in [3.05, 3.63) is 0 Å². The summed E-state index contributed by atoms with van der Waals surface area (Å²) in [5.41, 5.74) is -0.540. The van der Waals surface area contributed by atoms with Gasteiger partial charge < -0.3 is 15.7 Å². The summed E-state index contributed by atoms with van der Waals surface area (Å²) in [4.78, 5) is 22.4. The molecule has 5 heteroatoms. The molecule has 17 heavy (non-hydrogen) atoms. The normalized spacial score (nSPS) is 12.4. The standard InChI is InChI=1S/C12H20N2O3/c1-5-6-7-8-13-11(17)14-9(10(15)16)12(2,3)4/h1,9H,6-8H2,2-4H3,(H,15,16)(H2,13,14,17)/t9-/m0/s1. The first-order valence-electron chi connectivity index (χ1n) is 5.49. The number of terminal acetylenes is 1. The molecule has 0 aromatic heterocycles. The summed E-state index contributed by atoms with van der Waals surface area (Å²) in [6, 6.07) is -1.40. The van der Waals surface area contributed by atoms with Crippen LogP contribution in [0.5, 0.6) is 0 Å². The van der Waals surface area contributed by atoms with Gasteiger partial charge in [0.05, 0.1) is 0 Å². The molecule has 0 bridgehead atoms. The molecule has 0 aliphatic heterocycles. The maximum absolute atomic E-state index is 11.4. The number of carboxylic acid groups (broad SMARTS) is 1. The summed E-state index contributed by atoms with van der Waals surface area (Å²) in [5, 5.41) is 14.0. The maximum Gasteiger partial charge on any atom is 0.326 e. The van der Waals surface area contributed by atoms with Gasteiger partial charge in [0.25, 0.3) is 0 Å². The van der Waals surface area contributed by atoms with E-state index in [2.05, 4.69) is 16.6 Å². The summed E-state index contributed by atoms with van der Waals surface area (Å²) in [5.74, 6) is 1.41. The molecule has 0 fully saturated rings. The molecule has 0 aliphatic carbocycles. The van der Waals surface area contributed by atoms with E-state index in [-0.39, 0.29) is 0 Å². The van der Waals surface area contributed by atoms with Crippen molar-refractivity contribution < 1.29 is 14.7 Å². The van der Waals surface area contributed by atoms with Gasteiger partial charge >= 0.3 is 12.0 Å². The van der Waals surface area contributed by atoms with Crippen LogP contribution in [0.1, 0.15) is 33.6 Å². The van der Waals surface area contributed by atoms with Crippen molar-refractivity contribution in [3.63, 3.8) is 0 Å². The van der Waals surface area contributed by atoms with E-state index in [4.69, 9.17) is 11.5 Å². The molecule has 0 heterocycles. The van der Waals surface area contributed by atoms with E-state index in [1.165, 1.54) is 0 Å². The minimum atomic E-state index is -1.05. The zero-order valence-corrected chi connectivity index (χ0v) is 10.5. The molecule has 96 valence electrons. The summed E-state index contributed by atoms with van der Waals surface area (Å²) >= 11 is 0. The molecular formula is C12H20N2O3. The summed E-state index contributed by atoms with van der Waals surface area (Å²) in [6.07, 6.45) is 6.33. The molecule has 3 N–H and O–H groups in total. The summed E-state index contributed by atoms with van der Waals surface area (Å²) < 4.78 is 0. The molecular weight excluding hydrogens is 220 g/mol. The third-order valence-corrected chi connectivity index (χ3v) is 2.17. The Labute approximate surface area is 102 Å². The van der Waals surface area contributed by atoms with Gasteiger partial charge in [0, 0.05) is 13.0 Å². The smallest absolute Gasteiger partial charge is 0.326 e. The molecule has 5 nitrogen and oxygen atoms in total. The number of unbranched alkanes of at least 4 members (excludes halogenated alkanes) is 1. The highest BCUT2D eigenvalue weighted by Crippen LogP contribution is 2.19. The molecule has 0 aliphatic rings. The first-order valence-corrected chi connectivity index (χ1v) is 5.49. The second-order valence-electron chi connectivity index (χ2n) is 4.85. The van der Waals surface area contributed by atoms with Crippen molar-refractivity contribution in [3.8, 4) is 12.3 Å². The SMILES string of the molecule is C#CCCCNC(=O)N[C@@H](C(=O)O)C(C)(C)C. The fourth-order valence-corrected chi connectivity index (χ4v) is 1.22. The van der Waals surface area contributed by atoms with Crippen molar-refractivity contribution in [2.24, 2.45) is 5.41 Å². The second kappa shape index (κ2) is 6.79. The number of hydrogen-bond donors (Lipinski definition) is 3.